The van der Waals surface area contributed by atoms with Gasteiger partial charge in [-0.25, -0.2) is 10.8 Å². The molecule has 1 atom stereocenters. The minimum Gasteiger partial charge on any atom is -0.396 e. The fourth-order valence-electron chi connectivity index (χ4n) is 2.71. The number of hydrogen-bond donors (Lipinski definition) is 3. The van der Waals surface area contributed by atoms with Crippen molar-refractivity contribution in [2.75, 3.05) is 19.7 Å². The maximum atomic E-state index is 11.5. The molecule has 1 unspecified atom stereocenters. The number of nitrogens with one attached hydrogen (secondary N) is 1. The number of carbonyl (C=O) groups excluding carboxylic acids is 1. The number of aromatic nitrogens is 1. The van der Waals surface area contributed by atoms with Crippen LogP contribution in [0.25, 0.3) is 0 Å². The Kier molecular flexibility index (Phi) is 5.46. The summed E-state index contributed by atoms with van der Waals surface area (Å²) in [6.07, 6.45) is 3.19. The largest absolute Gasteiger partial charge is 0.396 e. The van der Waals surface area contributed by atoms with E-state index in [1.807, 2.05) is 12.1 Å². The van der Waals surface area contributed by atoms with Gasteiger partial charge in [-0.1, -0.05) is 6.07 Å². The molecule has 20 heavy (non-hydrogen) atoms. The van der Waals surface area contributed by atoms with Gasteiger partial charge in [0, 0.05) is 19.7 Å². The van der Waals surface area contributed by atoms with Crippen molar-refractivity contribution in [2.24, 2.45) is 11.8 Å². The second-order valence-corrected chi connectivity index (χ2v) is 5.24. The summed E-state index contributed by atoms with van der Waals surface area (Å²) >= 11 is 0. The van der Waals surface area contributed by atoms with E-state index in [0.717, 1.165) is 38.2 Å². The molecule has 1 aromatic rings. The Hall–Kier alpha value is -1.50. The smallest absolute Gasteiger partial charge is 0.283 e. The molecule has 2 heterocycles. The minimum atomic E-state index is -0.372. The van der Waals surface area contributed by atoms with Gasteiger partial charge < -0.3 is 5.11 Å². The van der Waals surface area contributed by atoms with Gasteiger partial charge in [-0.05, 0) is 43.9 Å². The van der Waals surface area contributed by atoms with Crippen LogP contribution >= 0.6 is 0 Å². The molecule has 0 aromatic carbocycles. The number of amides is 1. The molecule has 1 amide bonds. The van der Waals surface area contributed by atoms with Crippen molar-refractivity contribution >= 4 is 5.91 Å². The lowest BCUT2D eigenvalue weighted by Crippen LogP contribution is -2.36. The maximum Gasteiger partial charge on any atom is 0.283 e. The fraction of sp³-hybridized carbons (Fsp3) is 0.571. The second kappa shape index (κ2) is 7.33. The predicted molar refractivity (Wildman–Crippen MR) is 75.6 cm³/mol. The monoisotopic (exact) mass is 278 g/mol. The van der Waals surface area contributed by atoms with Crippen molar-refractivity contribution in [3.05, 3.63) is 29.6 Å². The Labute approximate surface area is 119 Å². The third-order valence-corrected chi connectivity index (χ3v) is 3.70. The number of pyridine rings is 1. The summed E-state index contributed by atoms with van der Waals surface area (Å²) in [5, 5.41) is 9.03. The molecule has 1 aliphatic rings. The van der Waals surface area contributed by atoms with Crippen LogP contribution in [0.1, 0.15) is 35.4 Å². The number of aliphatic hydroxyl groups excluding tert-OH is 1. The quantitative estimate of drug-likeness (QED) is 0.409. The van der Waals surface area contributed by atoms with Gasteiger partial charge in [-0.3, -0.25) is 15.1 Å². The first-order valence-electron chi connectivity index (χ1n) is 7.03. The molecule has 0 bridgehead atoms. The van der Waals surface area contributed by atoms with Crippen LogP contribution in [0.15, 0.2) is 18.2 Å². The minimum absolute atomic E-state index is 0.253. The van der Waals surface area contributed by atoms with Gasteiger partial charge in [0.25, 0.3) is 5.91 Å². The molecule has 6 heteroatoms. The van der Waals surface area contributed by atoms with Gasteiger partial charge in [0.15, 0.2) is 0 Å². The summed E-state index contributed by atoms with van der Waals surface area (Å²) in [5.41, 5.74) is 3.31. The normalized spacial score (nSPS) is 19.8. The first-order valence-corrected chi connectivity index (χ1v) is 7.03. The van der Waals surface area contributed by atoms with E-state index in [1.54, 1.807) is 6.07 Å². The van der Waals surface area contributed by atoms with Crippen LogP contribution in [0, 0.1) is 5.92 Å². The highest BCUT2D eigenvalue weighted by Gasteiger charge is 2.20. The first-order chi connectivity index (χ1) is 9.72. The third-order valence-electron chi connectivity index (χ3n) is 3.70. The molecule has 1 aliphatic heterocycles. The van der Waals surface area contributed by atoms with Crippen LogP contribution in [0.5, 0.6) is 0 Å². The zero-order chi connectivity index (χ0) is 14.4. The lowest BCUT2D eigenvalue weighted by molar-refractivity contribution is 0.0947. The van der Waals surface area contributed by atoms with E-state index in [1.165, 1.54) is 6.42 Å². The third kappa shape index (κ3) is 4.00. The van der Waals surface area contributed by atoms with Crippen molar-refractivity contribution < 1.29 is 9.90 Å². The van der Waals surface area contributed by atoms with Gasteiger partial charge in [-0.15, -0.1) is 0 Å². The number of nitrogen functional groups attached to an aromatic ring is 1. The zero-order valence-corrected chi connectivity index (χ0v) is 11.6. The summed E-state index contributed by atoms with van der Waals surface area (Å²) < 4.78 is 0. The van der Waals surface area contributed by atoms with Crippen LogP contribution in [0.3, 0.4) is 0 Å². The summed E-state index contributed by atoms with van der Waals surface area (Å²) in [5.74, 6) is 5.30. The van der Waals surface area contributed by atoms with Crippen LogP contribution in [0.4, 0.5) is 0 Å². The molecule has 110 valence electrons. The standard InChI is InChI=1S/C14H22N4O2/c15-17-14(20)13-5-1-4-12(16-13)10-18-7-2-3-11(9-18)6-8-19/h1,4-5,11,19H,2-3,6-10,15H2,(H,17,20). The van der Waals surface area contributed by atoms with E-state index in [4.69, 9.17) is 10.9 Å². The molecule has 0 spiro atoms. The molecular formula is C14H22N4O2. The number of aliphatic hydroxyl groups is 1. The molecule has 4 N–H and O–H groups in total. The highest BCUT2D eigenvalue weighted by molar-refractivity contribution is 5.91. The van der Waals surface area contributed by atoms with Gasteiger partial charge in [0.05, 0.1) is 5.69 Å². The molecule has 0 aliphatic carbocycles. The average Bonchev–Trinajstić information content (AvgIpc) is 2.47. The summed E-state index contributed by atoms with van der Waals surface area (Å²) in [6.45, 7) is 3.00. The van der Waals surface area contributed by atoms with E-state index < -0.39 is 0 Å². The van der Waals surface area contributed by atoms with E-state index in [0.29, 0.717) is 11.6 Å². The van der Waals surface area contributed by atoms with Crippen LogP contribution < -0.4 is 11.3 Å². The zero-order valence-electron chi connectivity index (χ0n) is 11.6. The topological polar surface area (TPSA) is 91.5 Å². The van der Waals surface area contributed by atoms with Crippen LogP contribution in [0.2, 0.25) is 0 Å². The van der Waals surface area contributed by atoms with Crippen molar-refractivity contribution in [3.63, 3.8) is 0 Å². The Morgan fingerprint density at radius 3 is 3.15 bits per heavy atom. The molecule has 0 radical (unpaired) electrons. The highest BCUT2D eigenvalue weighted by Crippen LogP contribution is 2.20. The molecule has 1 fully saturated rings. The number of nitrogens with two attached hydrogens (primary N) is 1. The fourth-order valence-corrected chi connectivity index (χ4v) is 2.71. The summed E-state index contributed by atoms with van der Waals surface area (Å²) in [7, 11) is 0. The molecule has 1 saturated heterocycles. The number of hydrogen-bond acceptors (Lipinski definition) is 5. The van der Waals surface area contributed by atoms with Crippen LogP contribution in [-0.2, 0) is 6.54 Å². The summed E-state index contributed by atoms with van der Waals surface area (Å²) in [4.78, 5) is 18.1. The average molecular weight is 278 g/mol. The van der Waals surface area contributed by atoms with Gasteiger partial charge in [-0.2, -0.15) is 0 Å². The lowest BCUT2D eigenvalue weighted by atomic mass is 9.95. The molecule has 2 rings (SSSR count). The van der Waals surface area contributed by atoms with Gasteiger partial charge >= 0.3 is 0 Å². The second-order valence-electron chi connectivity index (χ2n) is 5.24. The molecule has 0 saturated carbocycles. The number of piperidine rings is 1. The van der Waals surface area contributed by atoms with Crippen LogP contribution in [-0.4, -0.2) is 40.6 Å². The summed E-state index contributed by atoms with van der Waals surface area (Å²) in [6, 6.07) is 5.39. The van der Waals surface area contributed by atoms with E-state index in [2.05, 4.69) is 15.3 Å². The maximum absolute atomic E-state index is 11.5. The van der Waals surface area contributed by atoms with Crippen molar-refractivity contribution in [2.45, 2.75) is 25.8 Å². The Bertz CT molecular complexity index is 451. The Morgan fingerprint density at radius 2 is 2.40 bits per heavy atom. The van der Waals surface area contributed by atoms with Crippen molar-refractivity contribution in [3.8, 4) is 0 Å². The van der Waals surface area contributed by atoms with Crippen molar-refractivity contribution in [1.29, 1.82) is 0 Å². The first kappa shape index (κ1) is 14.9. The number of nitrogens with zero attached hydrogens (tertiary/aromatic N) is 2. The number of hydrazine groups is 1. The molecule has 6 nitrogen and oxygen atoms in total. The van der Waals surface area contributed by atoms with E-state index >= 15 is 0 Å². The Morgan fingerprint density at radius 1 is 1.55 bits per heavy atom. The molecular weight excluding hydrogens is 256 g/mol. The highest BCUT2D eigenvalue weighted by atomic mass is 16.3. The predicted octanol–water partition coefficient (Wildman–Crippen LogP) is 0.279. The lowest BCUT2D eigenvalue weighted by Gasteiger charge is -2.32. The van der Waals surface area contributed by atoms with E-state index in [-0.39, 0.29) is 12.5 Å². The Balaban J connectivity index is 1.97. The van der Waals surface area contributed by atoms with E-state index in [9.17, 15) is 4.79 Å². The van der Waals surface area contributed by atoms with Gasteiger partial charge in [0.2, 0.25) is 0 Å². The number of likely N-dealkylation sites (tertiary alicyclic amines) is 1. The number of carbonyl (C=O) groups is 1. The van der Waals surface area contributed by atoms with Gasteiger partial charge in [0.1, 0.15) is 5.69 Å². The molecule has 1 aromatic heterocycles. The number of rotatable bonds is 5. The SMILES string of the molecule is NNC(=O)c1cccc(CN2CCCC(CCO)C2)n1. The van der Waals surface area contributed by atoms with Crippen molar-refractivity contribution in [1.82, 2.24) is 15.3 Å².